The Balaban J connectivity index is 2.12. The lowest BCUT2D eigenvalue weighted by Gasteiger charge is -2.11. The number of para-hydroxylation sites is 1. The Hall–Kier alpha value is -1.13. The van der Waals surface area contributed by atoms with Gasteiger partial charge in [-0.1, -0.05) is 18.2 Å². The molecule has 0 amide bonds. The maximum Gasteiger partial charge on any atom is 0.134 e. The van der Waals surface area contributed by atoms with Crippen molar-refractivity contribution in [3.05, 3.63) is 35.6 Å². The fourth-order valence-electron chi connectivity index (χ4n) is 2.13. The summed E-state index contributed by atoms with van der Waals surface area (Å²) in [4.78, 5) is 0. The maximum absolute atomic E-state index is 11.1. The van der Waals surface area contributed by atoms with E-state index < -0.39 is 10.8 Å². The minimum absolute atomic E-state index is 0.240. The maximum atomic E-state index is 11.1. The molecule has 0 aliphatic carbocycles. The van der Waals surface area contributed by atoms with Gasteiger partial charge in [0.2, 0.25) is 0 Å². The average molecular weight is 265 g/mol. The zero-order valence-electron chi connectivity index (χ0n) is 11.0. The van der Waals surface area contributed by atoms with Crippen LogP contribution in [0.1, 0.15) is 18.2 Å². The second-order valence-electron chi connectivity index (χ2n) is 4.65. The highest BCUT2D eigenvalue weighted by Crippen LogP contribution is 2.24. The average Bonchev–Trinajstić information content (AvgIpc) is 2.61. The highest BCUT2D eigenvalue weighted by Gasteiger charge is 2.11. The molecule has 0 radical (unpaired) electrons. The number of hydrogen-bond acceptors (Lipinski definition) is 3. The Morgan fingerprint density at radius 1 is 1.39 bits per heavy atom. The third-order valence-electron chi connectivity index (χ3n) is 3.01. The molecule has 98 valence electrons. The van der Waals surface area contributed by atoms with E-state index in [-0.39, 0.29) is 6.04 Å². The number of rotatable bonds is 5. The van der Waals surface area contributed by atoms with Crippen LogP contribution in [0.15, 0.2) is 28.7 Å². The van der Waals surface area contributed by atoms with Gasteiger partial charge in [-0.2, -0.15) is 0 Å². The molecule has 1 aromatic heterocycles. The minimum atomic E-state index is -0.762. The van der Waals surface area contributed by atoms with Gasteiger partial charge in [0, 0.05) is 46.3 Å². The molecule has 0 aliphatic rings. The van der Waals surface area contributed by atoms with Crippen LogP contribution in [-0.2, 0) is 17.3 Å². The highest BCUT2D eigenvalue weighted by molar-refractivity contribution is 7.84. The van der Waals surface area contributed by atoms with Gasteiger partial charge in [-0.15, -0.1) is 0 Å². The second kappa shape index (κ2) is 5.67. The van der Waals surface area contributed by atoms with E-state index in [4.69, 9.17) is 4.42 Å². The molecule has 0 aliphatic heterocycles. The molecule has 0 saturated carbocycles. The van der Waals surface area contributed by atoms with Gasteiger partial charge >= 0.3 is 0 Å². The Labute approximate surface area is 110 Å². The van der Waals surface area contributed by atoms with Gasteiger partial charge in [-0.3, -0.25) is 4.21 Å². The summed E-state index contributed by atoms with van der Waals surface area (Å²) >= 11 is 0. The predicted molar refractivity (Wildman–Crippen MR) is 76.2 cm³/mol. The quantitative estimate of drug-likeness (QED) is 0.903. The molecular formula is C14H19NO2S. The fraction of sp³-hybridized carbons (Fsp3) is 0.429. The van der Waals surface area contributed by atoms with Crippen LogP contribution in [0.3, 0.4) is 0 Å². The van der Waals surface area contributed by atoms with E-state index in [0.717, 1.165) is 23.3 Å². The van der Waals surface area contributed by atoms with E-state index >= 15 is 0 Å². The monoisotopic (exact) mass is 265 g/mol. The van der Waals surface area contributed by atoms with Crippen LogP contribution >= 0.6 is 0 Å². The first-order valence-corrected chi connectivity index (χ1v) is 7.81. The van der Waals surface area contributed by atoms with Crippen LogP contribution < -0.4 is 5.32 Å². The van der Waals surface area contributed by atoms with E-state index in [9.17, 15) is 4.21 Å². The molecule has 0 saturated heterocycles. The summed E-state index contributed by atoms with van der Waals surface area (Å²) in [7, 11) is -0.762. The summed E-state index contributed by atoms with van der Waals surface area (Å²) in [5, 5.41) is 4.56. The Bertz CT molecular complexity index is 562. The standard InChI is InChI=1S/C14H19NO2S/c1-10(9-18(3)16)15-8-13-11(2)17-14-7-5-4-6-12(13)14/h4-7,10,15H,8-9H2,1-3H3. The zero-order valence-corrected chi connectivity index (χ0v) is 11.8. The van der Waals surface area contributed by atoms with Crippen LogP contribution in [0, 0.1) is 6.92 Å². The molecule has 3 nitrogen and oxygen atoms in total. The first kappa shape index (κ1) is 13.3. The SMILES string of the molecule is Cc1oc2ccccc2c1CNC(C)CS(C)=O. The number of hydrogen-bond donors (Lipinski definition) is 1. The van der Waals surface area contributed by atoms with Gasteiger partial charge in [0.25, 0.3) is 0 Å². The van der Waals surface area contributed by atoms with Crippen molar-refractivity contribution in [1.29, 1.82) is 0 Å². The van der Waals surface area contributed by atoms with Crippen molar-refractivity contribution in [2.45, 2.75) is 26.4 Å². The predicted octanol–water partition coefficient (Wildman–Crippen LogP) is 2.60. The van der Waals surface area contributed by atoms with Crippen molar-refractivity contribution in [3.8, 4) is 0 Å². The second-order valence-corrected chi connectivity index (χ2v) is 6.13. The Kier molecular flexibility index (Phi) is 4.19. The smallest absolute Gasteiger partial charge is 0.134 e. The third kappa shape index (κ3) is 3.00. The number of fused-ring (bicyclic) bond motifs is 1. The highest BCUT2D eigenvalue weighted by atomic mass is 32.2. The topological polar surface area (TPSA) is 42.2 Å². The number of furan rings is 1. The first-order valence-electron chi connectivity index (χ1n) is 6.08. The molecule has 1 aromatic carbocycles. The molecule has 1 heterocycles. The van der Waals surface area contributed by atoms with Gasteiger partial charge in [-0.25, -0.2) is 0 Å². The van der Waals surface area contributed by atoms with Crippen LogP contribution in [0.4, 0.5) is 0 Å². The van der Waals surface area contributed by atoms with Crippen molar-refractivity contribution in [2.75, 3.05) is 12.0 Å². The molecule has 4 heteroatoms. The van der Waals surface area contributed by atoms with Gasteiger partial charge in [-0.05, 0) is 19.9 Å². The number of benzene rings is 1. The van der Waals surface area contributed by atoms with Gasteiger partial charge in [0.15, 0.2) is 0 Å². The summed E-state index contributed by atoms with van der Waals surface area (Å²) < 4.78 is 16.9. The number of aryl methyl sites for hydroxylation is 1. The van der Waals surface area contributed by atoms with Crippen molar-refractivity contribution < 1.29 is 8.63 Å². The van der Waals surface area contributed by atoms with Crippen LogP contribution in [-0.4, -0.2) is 22.3 Å². The van der Waals surface area contributed by atoms with Crippen molar-refractivity contribution in [3.63, 3.8) is 0 Å². The molecule has 18 heavy (non-hydrogen) atoms. The molecule has 2 rings (SSSR count). The van der Waals surface area contributed by atoms with Gasteiger partial charge < -0.3 is 9.73 Å². The van der Waals surface area contributed by atoms with Gasteiger partial charge in [0.05, 0.1) is 0 Å². The fourth-order valence-corrected chi connectivity index (χ4v) is 2.95. The van der Waals surface area contributed by atoms with Crippen LogP contribution in [0.25, 0.3) is 11.0 Å². The molecule has 1 N–H and O–H groups in total. The van der Waals surface area contributed by atoms with Crippen molar-refractivity contribution >= 4 is 21.8 Å². The van der Waals surface area contributed by atoms with E-state index in [1.165, 1.54) is 5.56 Å². The molecule has 2 atom stereocenters. The van der Waals surface area contributed by atoms with Crippen molar-refractivity contribution in [1.82, 2.24) is 5.32 Å². The van der Waals surface area contributed by atoms with E-state index in [0.29, 0.717) is 5.75 Å². The zero-order chi connectivity index (χ0) is 13.1. The summed E-state index contributed by atoms with van der Waals surface area (Å²) in [6.45, 7) is 4.79. The summed E-state index contributed by atoms with van der Waals surface area (Å²) in [6, 6.07) is 8.29. The van der Waals surface area contributed by atoms with E-state index in [1.807, 2.05) is 25.1 Å². The lowest BCUT2D eigenvalue weighted by Crippen LogP contribution is -2.30. The first-order chi connectivity index (χ1) is 8.58. The summed E-state index contributed by atoms with van der Waals surface area (Å²) in [6.07, 6.45) is 1.73. The van der Waals surface area contributed by atoms with Crippen molar-refractivity contribution in [2.24, 2.45) is 0 Å². The largest absolute Gasteiger partial charge is 0.461 e. The number of nitrogens with one attached hydrogen (secondary N) is 1. The van der Waals surface area contributed by atoms with Gasteiger partial charge in [0.1, 0.15) is 11.3 Å². The van der Waals surface area contributed by atoms with Crippen LogP contribution in [0.5, 0.6) is 0 Å². The molecule has 2 aromatic rings. The Morgan fingerprint density at radius 3 is 2.83 bits per heavy atom. The normalized spacial score (nSPS) is 14.8. The Morgan fingerprint density at radius 2 is 2.11 bits per heavy atom. The lowest BCUT2D eigenvalue weighted by molar-refractivity contribution is 0.550. The minimum Gasteiger partial charge on any atom is -0.461 e. The molecule has 0 fully saturated rings. The van der Waals surface area contributed by atoms with E-state index in [1.54, 1.807) is 6.26 Å². The summed E-state index contributed by atoms with van der Waals surface area (Å²) in [5.41, 5.74) is 2.12. The third-order valence-corrected chi connectivity index (χ3v) is 3.98. The molecule has 0 bridgehead atoms. The molecular weight excluding hydrogens is 246 g/mol. The summed E-state index contributed by atoms with van der Waals surface area (Å²) in [5.74, 6) is 1.63. The lowest BCUT2D eigenvalue weighted by atomic mass is 10.1. The molecule has 0 spiro atoms. The van der Waals surface area contributed by atoms with E-state index in [2.05, 4.69) is 18.3 Å². The molecule has 2 unspecified atom stereocenters. The van der Waals surface area contributed by atoms with Crippen LogP contribution in [0.2, 0.25) is 0 Å².